The van der Waals surface area contributed by atoms with Gasteiger partial charge in [0.1, 0.15) is 0 Å². The molecule has 0 aliphatic rings. The van der Waals surface area contributed by atoms with E-state index in [9.17, 15) is 4.79 Å². The Balaban J connectivity index is 1.53. The Morgan fingerprint density at radius 3 is 2.58 bits per heavy atom. The van der Waals surface area contributed by atoms with Gasteiger partial charge >= 0.3 is 0 Å². The van der Waals surface area contributed by atoms with Crippen molar-refractivity contribution >= 4 is 11.6 Å². The molecule has 0 atom stereocenters. The monoisotopic (exact) mass is 345 g/mol. The summed E-state index contributed by atoms with van der Waals surface area (Å²) in [6.45, 7) is 2.03. The second-order valence-electron chi connectivity index (χ2n) is 6.06. The first kappa shape index (κ1) is 17.4. The highest BCUT2D eigenvalue weighted by atomic mass is 16.4. The molecule has 5 nitrogen and oxygen atoms in total. The summed E-state index contributed by atoms with van der Waals surface area (Å²) in [6.07, 6.45) is 2.77. The summed E-state index contributed by atoms with van der Waals surface area (Å²) >= 11 is 0. The fourth-order valence-corrected chi connectivity index (χ4v) is 2.52. The second-order valence-corrected chi connectivity index (χ2v) is 6.06. The van der Waals surface area contributed by atoms with Crippen LogP contribution in [0.15, 0.2) is 59.1 Å². The highest BCUT2D eigenvalue weighted by molar-refractivity contribution is 5.90. The van der Waals surface area contributed by atoms with Crippen LogP contribution in [0.5, 0.6) is 0 Å². The summed E-state index contributed by atoms with van der Waals surface area (Å²) in [6, 6.07) is 17.4. The van der Waals surface area contributed by atoms with Crippen molar-refractivity contribution in [2.75, 3.05) is 5.32 Å². The molecule has 0 radical (unpaired) electrons. The summed E-state index contributed by atoms with van der Waals surface area (Å²) in [5.74, 6) is 1.14. The number of oxazole rings is 1. The van der Waals surface area contributed by atoms with Gasteiger partial charge in [-0.25, -0.2) is 4.98 Å². The molecular formula is C21H19N3O2. The molecule has 3 aromatic rings. The van der Waals surface area contributed by atoms with Gasteiger partial charge in [-0.2, -0.15) is 5.26 Å². The van der Waals surface area contributed by atoms with Crippen LogP contribution in [0, 0.1) is 18.3 Å². The fourth-order valence-electron chi connectivity index (χ4n) is 2.52. The lowest BCUT2D eigenvalue weighted by atomic mass is 10.1. The maximum atomic E-state index is 12.1. The van der Waals surface area contributed by atoms with E-state index in [4.69, 9.17) is 9.68 Å². The third-order valence-corrected chi connectivity index (χ3v) is 3.98. The largest absolute Gasteiger partial charge is 0.441 e. The van der Waals surface area contributed by atoms with E-state index < -0.39 is 0 Å². The van der Waals surface area contributed by atoms with Crippen LogP contribution in [-0.4, -0.2) is 10.9 Å². The lowest BCUT2D eigenvalue weighted by Crippen LogP contribution is -2.12. The second kappa shape index (κ2) is 8.13. The summed E-state index contributed by atoms with van der Waals surface area (Å²) in [5.41, 5.74) is 3.79. The van der Waals surface area contributed by atoms with Crippen LogP contribution < -0.4 is 5.32 Å². The minimum absolute atomic E-state index is 0.104. The first-order valence-electron chi connectivity index (χ1n) is 8.41. The van der Waals surface area contributed by atoms with Crippen molar-refractivity contribution in [3.8, 4) is 17.4 Å². The summed E-state index contributed by atoms with van der Waals surface area (Å²) in [4.78, 5) is 16.3. The Morgan fingerprint density at radius 1 is 1.15 bits per heavy atom. The van der Waals surface area contributed by atoms with Crippen LogP contribution in [-0.2, 0) is 17.6 Å². The molecule has 0 saturated heterocycles. The average Bonchev–Trinajstić information content (AvgIpc) is 3.11. The molecule has 0 aliphatic heterocycles. The normalized spacial score (nSPS) is 10.3. The smallest absolute Gasteiger partial charge is 0.224 e. The molecule has 0 bridgehead atoms. The van der Waals surface area contributed by atoms with E-state index in [0.717, 1.165) is 11.1 Å². The number of amides is 1. The van der Waals surface area contributed by atoms with E-state index in [1.165, 1.54) is 5.56 Å². The molecule has 1 aromatic heterocycles. The third kappa shape index (κ3) is 4.58. The number of carbonyl (C=O) groups excluding carboxylic acids is 1. The van der Waals surface area contributed by atoms with Crippen LogP contribution in [0.4, 0.5) is 5.69 Å². The highest BCUT2D eigenvalue weighted by Crippen LogP contribution is 2.21. The molecule has 1 heterocycles. The van der Waals surface area contributed by atoms with Crippen molar-refractivity contribution in [1.29, 1.82) is 5.26 Å². The Hall–Kier alpha value is -3.39. The number of nitriles is 1. The van der Waals surface area contributed by atoms with E-state index >= 15 is 0 Å². The standard InChI is InChI=1S/C21H19N3O2/c1-15-2-6-17(7-3-15)19-14-23-21(26-19)11-10-20(25)24-18-8-4-16(5-9-18)12-13-22/h2-9,14H,10-12H2,1H3,(H,24,25). The SMILES string of the molecule is Cc1ccc(-c2cnc(CCC(=O)Nc3ccc(CC#N)cc3)o2)cc1. The first-order chi connectivity index (χ1) is 12.6. The van der Waals surface area contributed by atoms with Crippen molar-refractivity contribution in [2.24, 2.45) is 0 Å². The molecule has 130 valence electrons. The number of aryl methyl sites for hydroxylation is 2. The van der Waals surface area contributed by atoms with Gasteiger partial charge in [-0.05, 0) is 24.6 Å². The molecule has 3 rings (SSSR count). The number of carbonyl (C=O) groups is 1. The van der Waals surface area contributed by atoms with Crippen LogP contribution in [0.3, 0.4) is 0 Å². The van der Waals surface area contributed by atoms with Gasteiger partial charge in [-0.3, -0.25) is 4.79 Å². The Kier molecular flexibility index (Phi) is 5.45. The summed E-state index contributed by atoms with van der Waals surface area (Å²) in [7, 11) is 0. The molecule has 5 heteroatoms. The zero-order valence-electron chi connectivity index (χ0n) is 14.5. The van der Waals surface area contributed by atoms with Crippen LogP contribution >= 0.6 is 0 Å². The first-order valence-corrected chi connectivity index (χ1v) is 8.41. The minimum atomic E-state index is -0.104. The highest BCUT2D eigenvalue weighted by Gasteiger charge is 2.09. The Labute approximate surface area is 152 Å². The Morgan fingerprint density at radius 2 is 1.88 bits per heavy atom. The van der Waals surface area contributed by atoms with E-state index in [1.807, 2.05) is 43.3 Å². The number of anilines is 1. The van der Waals surface area contributed by atoms with Gasteiger partial charge in [0.15, 0.2) is 11.7 Å². The van der Waals surface area contributed by atoms with Gasteiger partial charge < -0.3 is 9.73 Å². The van der Waals surface area contributed by atoms with Gasteiger partial charge in [0, 0.05) is 24.1 Å². The van der Waals surface area contributed by atoms with Crippen molar-refractivity contribution in [3.05, 3.63) is 71.7 Å². The van der Waals surface area contributed by atoms with Crippen LogP contribution in [0.25, 0.3) is 11.3 Å². The summed E-state index contributed by atoms with van der Waals surface area (Å²) < 4.78 is 5.73. The lowest BCUT2D eigenvalue weighted by molar-refractivity contribution is -0.116. The number of benzene rings is 2. The van der Waals surface area contributed by atoms with E-state index in [0.29, 0.717) is 30.2 Å². The van der Waals surface area contributed by atoms with Gasteiger partial charge in [-0.15, -0.1) is 0 Å². The summed E-state index contributed by atoms with van der Waals surface area (Å²) in [5, 5.41) is 11.5. The van der Waals surface area contributed by atoms with Crippen molar-refractivity contribution in [3.63, 3.8) is 0 Å². The molecule has 1 amide bonds. The van der Waals surface area contributed by atoms with Gasteiger partial charge in [0.2, 0.25) is 5.91 Å². The number of nitrogens with zero attached hydrogens (tertiary/aromatic N) is 2. The molecule has 26 heavy (non-hydrogen) atoms. The van der Waals surface area contributed by atoms with Gasteiger partial charge in [0.05, 0.1) is 18.7 Å². The molecule has 0 saturated carbocycles. The molecule has 0 spiro atoms. The van der Waals surface area contributed by atoms with E-state index in [-0.39, 0.29) is 12.3 Å². The zero-order valence-corrected chi connectivity index (χ0v) is 14.5. The molecular weight excluding hydrogens is 326 g/mol. The number of aromatic nitrogens is 1. The fraction of sp³-hybridized carbons (Fsp3) is 0.190. The average molecular weight is 345 g/mol. The van der Waals surface area contributed by atoms with E-state index in [2.05, 4.69) is 16.4 Å². The van der Waals surface area contributed by atoms with E-state index in [1.54, 1.807) is 18.3 Å². The third-order valence-electron chi connectivity index (χ3n) is 3.98. The van der Waals surface area contributed by atoms with Crippen LogP contribution in [0.2, 0.25) is 0 Å². The number of hydrogen-bond acceptors (Lipinski definition) is 4. The maximum Gasteiger partial charge on any atom is 0.224 e. The Bertz CT molecular complexity index is 919. The van der Waals surface area contributed by atoms with Crippen molar-refractivity contribution < 1.29 is 9.21 Å². The molecule has 0 fully saturated rings. The zero-order chi connectivity index (χ0) is 18.4. The van der Waals surface area contributed by atoms with Crippen LogP contribution in [0.1, 0.15) is 23.4 Å². The van der Waals surface area contributed by atoms with Gasteiger partial charge in [0.25, 0.3) is 0 Å². The minimum Gasteiger partial charge on any atom is -0.441 e. The molecule has 2 aromatic carbocycles. The number of nitrogens with one attached hydrogen (secondary N) is 1. The van der Waals surface area contributed by atoms with Gasteiger partial charge in [-0.1, -0.05) is 42.0 Å². The predicted molar refractivity (Wildman–Crippen MR) is 99.4 cm³/mol. The lowest BCUT2D eigenvalue weighted by Gasteiger charge is -2.05. The topological polar surface area (TPSA) is 78.9 Å². The predicted octanol–water partition coefficient (Wildman–Crippen LogP) is 4.29. The maximum absolute atomic E-state index is 12.1. The molecule has 0 unspecified atom stereocenters. The van der Waals surface area contributed by atoms with Crippen molar-refractivity contribution in [1.82, 2.24) is 4.98 Å². The molecule has 1 N–H and O–H groups in total. The quantitative estimate of drug-likeness (QED) is 0.723. The molecule has 0 aliphatic carbocycles. The number of hydrogen-bond donors (Lipinski definition) is 1. The number of rotatable bonds is 6. The van der Waals surface area contributed by atoms with Crippen molar-refractivity contribution in [2.45, 2.75) is 26.2 Å².